The Hall–Kier alpha value is -0.570. The number of carbonyl (C=O) groups is 1. The van der Waals surface area contributed by atoms with Gasteiger partial charge < -0.3 is 10.5 Å². The van der Waals surface area contributed by atoms with Gasteiger partial charge >= 0.3 is 5.97 Å². The number of unbranched alkanes of at least 4 members (excludes halogenated alkanes) is 1. The van der Waals surface area contributed by atoms with Crippen LogP contribution >= 0.6 is 0 Å². The van der Waals surface area contributed by atoms with E-state index in [-0.39, 0.29) is 11.9 Å². The van der Waals surface area contributed by atoms with E-state index in [0.717, 1.165) is 19.3 Å². The highest BCUT2D eigenvalue weighted by atomic mass is 16.5. The fourth-order valence-electron chi connectivity index (χ4n) is 1.55. The molecule has 0 saturated heterocycles. The zero-order chi connectivity index (χ0) is 11.7. The molecule has 15 heavy (non-hydrogen) atoms. The van der Waals surface area contributed by atoms with Crippen LogP contribution in [0, 0.1) is 11.8 Å². The summed E-state index contributed by atoms with van der Waals surface area (Å²) in [5, 5.41) is 0. The number of ether oxygens (including phenoxy) is 1. The lowest BCUT2D eigenvalue weighted by molar-refractivity contribution is -0.144. The van der Waals surface area contributed by atoms with Crippen LogP contribution in [-0.4, -0.2) is 19.1 Å². The van der Waals surface area contributed by atoms with Crippen molar-refractivity contribution in [1.29, 1.82) is 0 Å². The van der Waals surface area contributed by atoms with E-state index in [1.54, 1.807) is 0 Å². The van der Waals surface area contributed by atoms with Crippen LogP contribution in [0.1, 0.15) is 46.5 Å². The third kappa shape index (κ3) is 8.43. The summed E-state index contributed by atoms with van der Waals surface area (Å²) in [6.45, 7) is 7.49. The number of esters is 1. The predicted molar refractivity (Wildman–Crippen MR) is 62.5 cm³/mol. The second kappa shape index (κ2) is 8.72. The van der Waals surface area contributed by atoms with E-state index in [1.165, 1.54) is 0 Å². The maximum atomic E-state index is 11.4. The quantitative estimate of drug-likeness (QED) is 0.499. The molecule has 0 aromatic rings. The molecule has 0 aromatic carbocycles. The minimum Gasteiger partial charge on any atom is -0.466 e. The van der Waals surface area contributed by atoms with E-state index >= 15 is 0 Å². The lowest BCUT2D eigenvalue weighted by Gasteiger charge is -2.15. The third-order valence-corrected chi connectivity index (χ3v) is 2.35. The smallest absolute Gasteiger partial charge is 0.306 e. The first-order chi connectivity index (χ1) is 7.10. The average Bonchev–Trinajstić information content (AvgIpc) is 2.16. The van der Waals surface area contributed by atoms with Gasteiger partial charge in [-0.05, 0) is 31.2 Å². The van der Waals surface area contributed by atoms with Gasteiger partial charge in [-0.3, -0.25) is 4.79 Å². The van der Waals surface area contributed by atoms with E-state index in [1.807, 2.05) is 0 Å². The molecule has 0 aliphatic heterocycles. The summed E-state index contributed by atoms with van der Waals surface area (Å²) in [5.41, 5.74) is 5.62. The molecule has 3 heteroatoms. The molecule has 0 saturated carbocycles. The summed E-state index contributed by atoms with van der Waals surface area (Å²) in [5.74, 6) is 0.765. The summed E-state index contributed by atoms with van der Waals surface area (Å²) in [6, 6.07) is 0. The van der Waals surface area contributed by atoms with Crippen LogP contribution < -0.4 is 5.73 Å². The number of hydrogen-bond acceptors (Lipinski definition) is 3. The van der Waals surface area contributed by atoms with Crippen LogP contribution in [0.3, 0.4) is 0 Å². The van der Waals surface area contributed by atoms with Crippen LogP contribution in [0.15, 0.2) is 0 Å². The van der Waals surface area contributed by atoms with E-state index in [2.05, 4.69) is 20.8 Å². The highest BCUT2D eigenvalue weighted by Gasteiger charge is 2.14. The Labute approximate surface area is 93.4 Å². The summed E-state index contributed by atoms with van der Waals surface area (Å²) in [7, 11) is 0. The van der Waals surface area contributed by atoms with Crippen molar-refractivity contribution in [2.75, 3.05) is 13.2 Å². The van der Waals surface area contributed by atoms with Gasteiger partial charge in [0, 0.05) is 6.42 Å². The van der Waals surface area contributed by atoms with Gasteiger partial charge in [-0.2, -0.15) is 0 Å². The molecule has 0 amide bonds. The molecule has 3 nitrogen and oxygen atoms in total. The van der Waals surface area contributed by atoms with Crippen molar-refractivity contribution >= 4 is 5.97 Å². The Morgan fingerprint density at radius 2 is 2.07 bits per heavy atom. The number of hydrogen-bond donors (Lipinski definition) is 1. The molecule has 0 aromatic heterocycles. The summed E-state index contributed by atoms with van der Waals surface area (Å²) in [4.78, 5) is 11.4. The average molecular weight is 215 g/mol. The maximum Gasteiger partial charge on any atom is 0.306 e. The van der Waals surface area contributed by atoms with Crippen LogP contribution in [0.25, 0.3) is 0 Å². The zero-order valence-electron chi connectivity index (χ0n) is 10.3. The molecule has 0 radical (unpaired) electrons. The minimum atomic E-state index is -0.0976. The van der Waals surface area contributed by atoms with Crippen LogP contribution in [0.2, 0.25) is 0 Å². The number of carbonyl (C=O) groups excluding carboxylic acids is 1. The Kier molecular flexibility index (Phi) is 8.38. The van der Waals surface area contributed by atoms with E-state index in [4.69, 9.17) is 10.5 Å². The van der Waals surface area contributed by atoms with Crippen molar-refractivity contribution in [3.05, 3.63) is 0 Å². The van der Waals surface area contributed by atoms with E-state index in [9.17, 15) is 4.79 Å². The molecule has 0 fully saturated rings. The largest absolute Gasteiger partial charge is 0.466 e. The summed E-state index contributed by atoms with van der Waals surface area (Å²) < 4.78 is 5.10. The van der Waals surface area contributed by atoms with Gasteiger partial charge in [0.15, 0.2) is 0 Å². The molecular weight excluding hydrogens is 190 g/mol. The highest BCUT2D eigenvalue weighted by Crippen LogP contribution is 2.14. The first kappa shape index (κ1) is 14.4. The molecule has 1 atom stereocenters. The van der Waals surface area contributed by atoms with Gasteiger partial charge in [0.05, 0.1) is 6.61 Å². The summed E-state index contributed by atoms with van der Waals surface area (Å²) >= 11 is 0. The lowest BCUT2D eigenvalue weighted by Crippen LogP contribution is -2.21. The number of nitrogens with two attached hydrogens (primary N) is 1. The van der Waals surface area contributed by atoms with Gasteiger partial charge in [0.2, 0.25) is 0 Å². The molecule has 0 heterocycles. The fraction of sp³-hybridized carbons (Fsp3) is 0.917. The molecular formula is C12H25NO2. The molecule has 0 bridgehead atoms. The normalized spacial score (nSPS) is 12.9. The van der Waals surface area contributed by atoms with Crippen LogP contribution in [0.5, 0.6) is 0 Å². The van der Waals surface area contributed by atoms with Crippen molar-refractivity contribution in [2.45, 2.75) is 46.5 Å². The topological polar surface area (TPSA) is 52.3 Å². The fourth-order valence-corrected chi connectivity index (χ4v) is 1.55. The monoisotopic (exact) mass is 215 g/mol. The maximum absolute atomic E-state index is 11.4. The number of rotatable bonds is 8. The predicted octanol–water partition coefficient (Wildman–Crippen LogP) is 2.34. The minimum absolute atomic E-state index is 0.0976. The molecule has 2 N–H and O–H groups in total. The van der Waals surface area contributed by atoms with Crippen molar-refractivity contribution in [3.8, 4) is 0 Å². The molecule has 0 unspecified atom stereocenters. The zero-order valence-corrected chi connectivity index (χ0v) is 10.3. The first-order valence-corrected chi connectivity index (χ1v) is 5.95. The molecule has 0 aliphatic rings. The van der Waals surface area contributed by atoms with Crippen LogP contribution in [0.4, 0.5) is 0 Å². The standard InChI is InChI=1S/C12H25NO2/c1-4-5-6-15-12(14)8-11(9-13)7-10(2)3/h10-11H,4-9,13H2,1-3H3/t11-/m0/s1. The lowest BCUT2D eigenvalue weighted by atomic mass is 9.94. The SMILES string of the molecule is CCCCOC(=O)C[C@@H](CN)CC(C)C. The van der Waals surface area contributed by atoms with Gasteiger partial charge in [0.1, 0.15) is 0 Å². The van der Waals surface area contributed by atoms with E-state index < -0.39 is 0 Å². The van der Waals surface area contributed by atoms with Crippen molar-refractivity contribution in [3.63, 3.8) is 0 Å². The Morgan fingerprint density at radius 1 is 1.40 bits per heavy atom. The molecule has 0 spiro atoms. The van der Waals surface area contributed by atoms with Crippen molar-refractivity contribution in [1.82, 2.24) is 0 Å². The molecule has 0 aliphatic carbocycles. The second-order valence-corrected chi connectivity index (χ2v) is 4.51. The first-order valence-electron chi connectivity index (χ1n) is 5.95. The van der Waals surface area contributed by atoms with Gasteiger partial charge in [-0.25, -0.2) is 0 Å². The van der Waals surface area contributed by atoms with E-state index in [0.29, 0.717) is 25.5 Å². The second-order valence-electron chi connectivity index (χ2n) is 4.51. The Morgan fingerprint density at radius 3 is 2.53 bits per heavy atom. The van der Waals surface area contributed by atoms with Gasteiger partial charge in [-0.15, -0.1) is 0 Å². The summed E-state index contributed by atoms with van der Waals surface area (Å²) in [6.07, 6.45) is 3.47. The molecule has 0 rings (SSSR count). The van der Waals surface area contributed by atoms with Gasteiger partial charge in [-0.1, -0.05) is 27.2 Å². The van der Waals surface area contributed by atoms with Gasteiger partial charge in [0.25, 0.3) is 0 Å². The van der Waals surface area contributed by atoms with Crippen molar-refractivity contribution < 1.29 is 9.53 Å². The molecule has 90 valence electrons. The Balaban J connectivity index is 3.70. The highest BCUT2D eigenvalue weighted by molar-refractivity contribution is 5.69. The van der Waals surface area contributed by atoms with Crippen molar-refractivity contribution in [2.24, 2.45) is 17.6 Å². The Bertz CT molecular complexity index is 169. The third-order valence-electron chi connectivity index (χ3n) is 2.35. The van der Waals surface area contributed by atoms with Crippen LogP contribution in [-0.2, 0) is 9.53 Å².